The first-order valence-corrected chi connectivity index (χ1v) is 12.0. The Kier molecular flexibility index (Phi) is 16.4. The van der Waals surface area contributed by atoms with E-state index >= 15 is 0 Å². The van der Waals surface area contributed by atoms with Crippen LogP contribution in [0.3, 0.4) is 0 Å². The van der Waals surface area contributed by atoms with Crippen molar-refractivity contribution in [3.05, 3.63) is 0 Å². The average molecular weight is 300 g/mol. The van der Waals surface area contributed by atoms with Crippen molar-refractivity contribution in [1.29, 1.82) is 0 Å². The Labute approximate surface area is 176 Å². The van der Waals surface area contributed by atoms with Gasteiger partial charge in [-0.3, -0.25) is 0 Å². The van der Waals surface area contributed by atoms with Gasteiger partial charge in [0.1, 0.15) is 0 Å². The van der Waals surface area contributed by atoms with Gasteiger partial charge in [-0.05, 0) is 0 Å². The maximum Gasteiger partial charge on any atom is 0.0597 e. The van der Waals surface area contributed by atoms with E-state index in [0.717, 1.165) is 44.8 Å². The van der Waals surface area contributed by atoms with Crippen molar-refractivity contribution in [2.45, 2.75) is 6.82 Å². The minimum Gasteiger partial charge on any atom is -0.101 e. The van der Waals surface area contributed by atoms with E-state index < -0.39 is 0 Å². The topological polar surface area (TPSA) is 0 Å². The largest absolute Gasteiger partial charge is 0.101 e. The van der Waals surface area contributed by atoms with E-state index in [0.29, 0.717) is 0 Å². The quantitative estimate of drug-likeness (QED) is 0.264. The molecule has 0 aliphatic rings. The van der Waals surface area contributed by atoms with Gasteiger partial charge in [0.25, 0.3) is 0 Å². The zero-order valence-corrected chi connectivity index (χ0v) is 19.4. The molecule has 0 aliphatic carbocycles. The van der Waals surface area contributed by atoms with Gasteiger partial charge in [0.2, 0.25) is 0 Å². The molecule has 0 aliphatic heterocycles. The Morgan fingerprint density at radius 1 is 0.520 bits per heavy atom. The maximum atomic E-state index is 2.64. The van der Waals surface area contributed by atoms with Crippen LogP contribution in [0, 0.1) is 0 Å². The highest BCUT2D eigenvalue weighted by Crippen LogP contribution is 2.06. The third-order valence-corrected chi connectivity index (χ3v) is 7.76. The summed E-state index contributed by atoms with van der Waals surface area (Å²) in [6.07, 6.45) is 5.52. The van der Waals surface area contributed by atoms with Crippen molar-refractivity contribution >= 4 is 170 Å². The summed E-state index contributed by atoms with van der Waals surface area (Å²) >= 11 is 0. The fourth-order valence-corrected chi connectivity index (χ4v) is 6.34. The molecule has 0 nitrogen and oxygen atoms in total. The summed E-state index contributed by atoms with van der Waals surface area (Å²) in [4.78, 5) is 0. The third kappa shape index (κ3) is 7.83. The maximum absolute atomic E-state index is 2.64. The van der Waals surface area contributed by atoms with Gasteiger partial charge in [-0.15, -0.1) is 6.82 Å². The van der Waals surface area contributed by atoms with Crippen LogP contribution in [0.2, 0.25) is 6.82 Å². The molecule has 0 bridgehead atoms. The molecule has 0 unspecified atom stereocenters. The molecule has 0 aromatic rings. The highest BCUT2D eigenvalue weighted by molar-refractivity contribution is 8.15. The van der Waals surface area contributed by atoms with E-state index in [9.17, 15) is 0 Å². The predicted octanol–water partition coefficient (Wildman–Crippen LogP) is -15.2. The second kappa shape index (κ2) is 15.5. The molecule has 0 heterocycles. The van der Waals surface area contributed by atoms with E-state index in [1.807, 2.05) is 0 Å². The summed E-state index contributed by atoms with van der Waals surface area (Å²) in [5.41, 5.74) is 0. The molecule has 0 atom stereocenters. The summed E-state index contributed by atoms with van der Waals surface area (Å²) in [5.74, 6) is 0. The molecule has 24 heteroatoms. The fraction of sp³-hybridized carbons (Fsp3) is 1.00. The van der Waals surface area contributed by atoms with Gasteiger partial charge < -0.3 is 0 Å². The average Bonchev–Trinajstić information content (AvgIpc) is 2.64. The van der Waals surface area contributed by atoms with Gasteiger partial charge in [0, 0.05) is 108 Å². The molecule has 0 saturated heterocycles. The van der Waals surface area contributed by atoms with Gasteiger partial charge in [-0.1, -0.05) is 0 Å². The fourth-order valence-electron chi connectivity index (χ4n) is 6.34. The Morgan fingerprint density at radius 2 is 0.920 bits per heavy atom. The normalized spacial score (nSPS) is 8.68. The standard InChI is InChI=1S/CH28B24/c1-19(23(16-8)20(11-3)12-4)25(22(15-7)18-10-2)24(17-9)21(13-5)14-6/h10-18H,2-9H2,1H3. The Morgan fingerprint density at radius 3 is 1.24 bits per heavy atom. The van der Waals surface area contributed by atoms with Crippen LogP contribution in [0.1, 0.15) is 0 Å². The highest BCUT2D eigenvalue weighted by atomic mass is 13.3. The van der Waals surface area contributed by atoms with Crippen LogP contribution in [-0.2, 0) is 0 Å². The van der Waals surface area contributed by atoms with Crippen LogP contribution in [0.5, 0.6) is 0 Å². The minimum atomic E-state index is 0.872. The molecule has 0 saturated carbocycles. The van der Waals surface area contributed by atoms with Crippen molar-refractivity contribution in [2.24, 2.45) is 0 Å². The van der Waals surface area contributed by atoms with Crippen LogP contribution in [0.15, 0.2) is 0 Å². The van der Waals surface area contributed by atoms with E-state index in [4.69, 9.17) is 0 Å². The van der Waals surface area contributed by atoms with Crippen LogP contribution in [-0.4, -0.2) is 170 Å². The van der Waals surface area contributed by atoms with Gasteiger partial charge in [-0.25, -0.2) is 0 Å². The molecule has 104 valence electrons. The summed E-state index contributed by atoms with van der Waals surface area (Å²) in [7, 11) is 31.8. The van der Waals surface area contributed by atoms with Crippen molar-refractivity contribution in [3.8, 4) is 0 Å². The lowest BCUT2D eigenvalue weighted by Gasteiger charge is -2.39. The van der Waals surface area contributed by atoms with Crippen LogP contribution in [0.25, 0.3) is 0 Å². The zero-order chi connectivity index (χ0) is 19.4. The second-order valence-corrected chi connectivity index (χ2v) is 8.69. The number of hydrogen-bond acceptors (Lipinski definition) is 0. The Balaban J connectivity index is 5.81. The van der Waals surface area contributed by atoms with Crippen molar-refractivity contribution < 1.29 is 0 Å². The Hall–Kier alpha value is 1.56. The molecule has 0 aromatic carbocycles. The number of rotatable bonds is 15. The first-order chi connectivity index (χ1) is 12.0. The van der Waals surface area contributed by atoms with Crippen LogP contribution in [0.4, 0.5) is 0 Å². The SMILES string of the molecule is BBBB(BB)B(B(C)B(BB)B(BB)BB)B(BB)B(BB)BB. The van der Waals surface area contributed by atoms with Crippen molar-refractivity contribution in [2.75, 3.05) is 0 Å². The number of hydrogen-bond donors (Lipinski definition) is 0. The van der Waals surface area contributed by atoms with Crippen molar-refractivity contribution in [3.63, 3.8) is 0 Å². The summed E-state index contributed by atoms with van der Waals surface area (Å²) in [6, 6.07) is 0. The van der Waals surface area contributed by atoms with Gasteiger partial charge in [0.05, 0.1) is 61.9 Å². The van der Waals surface area contributed by atoms with Crippen LogP contribution >= 0.6 is 0 Å². The van der Waals surface area contributed by atoms with E-state index in [2.05, 4.69) is 68.7 Å². The smallest absolute Gasteiger partial charge is 0.0597 e. The third-order valence-electron chi connectivity index (χ3n) is 7.76. The summed E-state index contributed by atoms with van der Waals surface area (Å²) in [6.45, 7) is 3.51. The van der Waals surface area contributed by atoms with E-state index in [1.54, 1.807) is 0 Å². The molecule has 0 amide bonds. The molecule has 0 N–H and O–H groups in total. The highest BCUT2D eigenvalue weighted by Gasteiger charge is 2.44. The molecule has 25 heavy (non-hydrogen) atoms. The summed E-state index contributed by atoms with van der Waals surface area (Å²) in [5, 5.41) is 0. The lowest BCUT2D eigenvalue weighted by atomic mass is 8.42. The van der Waals surface area contributed by atoms with E-state index in [-0.39, 0.29) is 0 Å². The molecule has 0 spiro atoms. The Bertz CT molecular complexity index is 292. The molecule has 0 aromatic heterocycles. The molecule has 0 radical (unpaired) electrons. The monoisotopic (exact) mass is 304 g/mol. The first kappa shape index (κ1) is 26.6. The summed E-state index contributed by atoms with van der Waals surface area (Å²) < 4.78 is 0. The second-order valence-electron chi connectivity index (χ2n) is 8.69. The molecule has 0 rings (SSSR count). The zero-order valence-electron chi connectivity index (χ0n) is 19.4. The van der Waals surface area contributed by atoms with Gasteiger partial charge in [0.15, 0.2) is 0 Å². The molecular formula is CH28B24. The van der Waals surface area contributed by atoms with E-state index in [1.165, 1.54) is 63.5 Å². The van der Waals surface area contributed by atoms with Gasteiger partial charge >= 0.3 is 0 Å². The van der Waals surface area contributed by atoms with Crippen LogP contribution < -0.4 is 0 Å². The lowest BCUT2D eigenvalue weighted by molar-refractivity contribution is 2.32. The molecular weight excluding hydrogens is 271 g/mol. The van der Waals surface area contributed by atoms with Crippen molar-refractivity contribution in [1.82, 2.24) is 0 Å². The molecule has 0 fully saturated rings. The predicted molar refractivity (Wildman–Crippen MR) is 179 cm³/mol. The van der Waals surface area contributed by atoms with Gasteiger partial charge in [-0.2, -0.15) is 0 Å². The first-order valence-electron chi connectivity index (χ1n) is 12.0. The lowest BCUT2D eigenvalue weighted by Crippen LogP contribution is -2.78. The minimum absolute atomic E-state index is 0.872.